The van der Waals surface area contributed by atoms with Crippen LogP contribution in [0.4, 0.5) is 0 Å². The lowest BCUT2D eigenvalue weighted by atomic mass is 9.95. The Bertz CT molecular complexity index is 391. The standard InChI is InChI=1S/C16H26N2OS/c1-13-12-17-10-9-15(13)18-16(19)8-4-2-3-6-14-7-5-11-20-14/h5,7,11,13,15,17H,2-4,6,8-10,12H2,1H3,(H,18,19). The van der Waals surface area contributed by atoms with Crippen LogP contribution in [0.5, 0.6) is 0 Å². The fourth-order valence-electron chi connectivity index (χ4n) is 2.72. The van der Waals surface area contributed by atoms with Crippen LogP contribution in [-0.2, 0) is 11.2 Å². The molecule has 2 N–H and O–H groups in total. The lowest BCUT2D eigenvalue weighted by molar-refractivity contribution is -0.122. The van der Waals surface area contributed by atoms with Crippen LogP contribution in [0.1, 0.15) is 43.9 Å². The van der Waals surface area contributed by atoms with Crippen LogP contribution in [-0.4, -0.2) is 25.0 Å². The van der Waals surface area contributed by atoms with Gasteiger partial charge in [-0.25, -0.2) is 0 Å². The Balaban J connectivity index is 1.53. The number of hydrogen-bond donors (Lipinski definition) is 2. The molecule has 2 rings (SSSR count). The van der Waals surface area contributed by atoms with Gasteiger partial charge in [0, 0.05) is 17.3 Å². The van der Waals surface area contributed by atoms with Crippen molar-refractivity contribution in [3.8, 4) is 0 Å². The fourth-order valence-corrected chi connectivity index (χ4v) is 3.48. The molecule has 4 heteroatoms. The summed E-state index contributed by atoms with van der Waals surface area (Å²) in [6, 6.07) is 4.67. The van der Waals surface area contributed by atoms with E-state index in [0.717, 1.165) is 38.8 Å². The van der Waals surface area contributed by atoms with Crippen molar-refractivity contribution in [2.24, 2.45) is 5.92 Å². The second-order valence-corrected chi connectivity index (χ2v) is 6.82. The highest BCUT2D eigenvalue weighted by molar-refractivity contribution is 7.09. The number of thiophene rings is 1. The third kappa shape index (κ3) is 5.25. The molecule has 1 aliphatic heterocycles. The van der Waals surface area contributed by atoms with Gasteiger partial charge in [-0.2, -0.15) is 0 Å². The molecule has 1 aliphatic rings. The maximum Gasteiger partial charge on any atom is 0.220 e. The number of hydrogen-bond acceptors (Lipinski definition) is 3. The summed E-state index contributed by atoms with van der Waals surface area (Å²) in [5.74, 6) is 0.784. The molecule has 0 saturated carbocycles. The molecule has 3 nitrogen and oxygen atoms in total. The van der Waals surface area contributed by atoms with E-state index in [9.17, 15) is 4.79 Å². The van der Waals surface area contributed by atoms with Crippen LogP contribution in [0.2, 0.25) is 0 Å². The molecule has 1 amide bonds. The van der Waals surface area contributed by atoms with Gasteiger partial charge in [0.15, 0.2) is 0 Å². The molecule has 1 aromatic heterocycles. The second kappa shape index (κ2) is 8.42. The summed E-state index contributed by atoms with van der Waals surface area (Å²) >= 11 is 1.83. The van der Waals surface area contributed by atoms with Crippen molar-refractivity contribution < 1.29 is 4.79 Å². The predicted octanol–water partition coefficient (Wildman–Crippen LogP) is 2.97. The lowest BCUT2D eigenvalue weighted by Gasteiger charge is -2.30. The molecule has 0 spiro atoms. The Hall–Kier alpha value is -0.870. The van der Waals surface area contributed by atoms with Crippen molar-refractivity contribution in [1.29, 1.82) is 0 Å². The van der Waals surface area contributed by atoms with Gasteiger partial charge in [-0.05, 0) is 56.1 Å². The lowest BCUT2D eigenvalue weighted by Crippen LogP contribution is -2.48. The summed E-state index contributed by atoms with van der Waals surface area (Å²) in [7, 11) is 0. The fraction of sp³-hybridized carbons (Fsp3) is 0.688. The van der Waals surface area contributed by atoms with Crippen LogP contribution >= 0.6 is 11.3 Å². The van der Waals surface area contributed by atoms with Gasteiger partial charge >= 0.3 is 0 Å². The first-order chi connectivity index (χ1) is 9.75. The van der Waals surface area contributed by atoms with Crippen molar-refractivity contribution in [2.45, 2.75) is 51.5 Å². The van der Waals surface area contributed by atoms with Gasteiger partial charge in [-0.1, -0.05) is 19.4 Å². The molecule has 20 heavy (non-hydrogen) atoms. The first-order valence-corrected chi connectivity index (χ1v) is 8.66. The topological polar surface area (TPSA) is 41.1 Å². The molecular weight excluding hydrogens is 268 g/mol. The van der Waals surface area contributed by atoms with Crippen molar-refractivity contribution in [3.63, 3.8) is 0 Å². The molecule has 0 bridgehead atoms. The first-order valence-electron chi connectivity index (χ1n) is 7.78. The molecule has 1 fully saturated rings. The van der Waals surface area contributed by atoms with E-state index >= 15 is 0 Å². The number of piperidine rings is 1. The minimum absolute atomic E-state index is 0.236. The predicted molar refractivity (Wildman–Crippen MR) is 85.1 cm³/mol. The number of carbonyl (C=O) groups is 1. The zero-order valence-corrected chi connectivity index (χ0v) is 13.2. The van der Waals surface area contributed by atoms with Gasteiger partial charge in [0.2, 0.25) is 5.91 Å². The van der Waals surface area contributed by atoms with Crippen molar-refractivity contribution in [1.82, 2.24) is 10.6 Å². The van der Waals surface area contributed by atoms with E-state index in [2.05, 4.69) is 35.1 Å². The van der Waals surface area contributed by atoms with Crippen molar-refractivity contribution >= 4 is 17.2 Å². The third-order valence-electron chi connectivity index (χ3n) is 4.04. The van der Waals surface area contributed by atoms with E-state index in [-0.39, 0.29) is 5.91 Å². The smallest absolute Gasteiger partial charge is 0.220 e. The monoisotopic (exact) mass is 294 g/mol. The zero-order chi connectivity index (χ0) is 14.2. The molecule has 1 aromatic rings. The molecule has 0 aliphatic carbocycles. The first kappa shape index (κ1) is 15.5. The Morgan fingerprint density at radius 3 is 3.10 bits per heavy atom. The van der Waals surface area contributed by atoms with E-state index in [4.69, 9.17) is 0 Å². The van der Waals surface area contributed by atoms with Crippen molar-refractivity contribution in [2.75, 3.05) is 13.1 Å². The number of unbranched alkanes of at least 4 members (excludes halogenated alkanes) is 2. The van der Waals surface area contributed by atoms with Crippen LogP contribution in [0.25, 0.3) is 0 Å². The Morgan fingerprint density at radius 1 is 1.45 bits per heavy atom. The molecule has 2 unspecified atom stereocenters. The molecule has 2 atom stereocenters. The van der Waals surface area contributed by atoms with Gasteiger partial charge in [-0.15, -0.1) is 11.3 Å². The molecule has 2 heterocycles. The van der Waals surface area contributed by atoms with Crippen molar-refractivity contribution in [3.05, 3.63) is 22.4 Å². The molecule has 1 saturated heterocycles. The highest BCUT2D eigenvalue weighted by Gasteiger charge is 2.22. The third-order valence-corrected chi connectivity index (χ3v) is 4.97. The van der Waals surface area contributed by atoms with E-state index in [1.807, 2.05) is 11.3 Å². The van der Waals surface area contributed by atoms with Crippen LogP contribution in [0.15, 0.2) is 17.5 Å². The SMILES string of the molecule is CC1CNCCC1NC(=O)CCCCCc1cccs1. The molecular formula is C16H26N2OS. The average molecular weight is 294 g/mol. The van der Waals surface area contributed by atoms with Gasteiger partial charge in [0.05, 0.1) is 0 Å². The van der Waals surface area contributed by atoms with Gasteiger partial charge in [-0.3, -0.25) is 4.79 Å². The summed E-state index contributed by atoms with van der Waals surface area (Å²) in [4.78, 5) is 13.4. The van der Waals surface area contributed by atoms with Crippen LogP contribution < -0.4 is 10.6 Å². The average Bonchev–Trinajstić information content (AvgIpc) is 2.94. The quantitative estimate of drug-likeness (QED) is 0.759. The molecule has 0 radical (unpaired) electrons. The Morgan fingerprint density at radius 2 is 2.35 bits per heavy atom. The van der Waals surface area contributed by atoms with Gasteiger partial charge in [0.25, 0.3) is 0 Å². The maximum atomic E-state index is 11.9. The molecule has 0 aromatic carbocycles. The minimum atomic E-state index is 0.236. The zero-order valence-electron chi connectivity index (χ0n) is 12.4. The maximum absolute atomic E-state index is 11.9. The summed E-state index contributed by atoms with van der Waals surface area (Å²) in [6.07, 6.45) is 6.25. The number of rotatable bonds is 7. The summed E-state index contributed by atoms with van der Waals surface area (Å²) in [5, 5.41) is 8.68. The van der Waals surface area contributed by atoms with E-state index in [1.165, 1.54) is 11.3 Å². The van der Waals surface area contributed by atoms with E-state index in [1.54, 1.807) is 0 Å². The van der Waals surface area contributed by atoms with Gasteiger partial charge < -0.3 is 10.6 Å². The summed E-state index contributed by atoms with van der Waals surface area (Å²) < 4.78 is 0. The highest BCUT2D eigenvalue weighted by Crippen LogP contribution is 2.14. The minimum Gasteiger partial charge on any atom is -0.353 e. The van der Waals surface area contributed by atoms with E-state index < -0.39 is 0 Å². The Kier molecular flexibility index (Phi) is 6.54. The second-order valence-electron chi connectivity index (χ2n) is 5.78. The normalized spacial score (nSPS) is 22.6. The largest absolute Gasteiger partial charge is 0.353 e. The van der Waals surface area contributed by atoms with Crippen LogP contribution in [0.3, 0.4) is 0 Å². The number of carbonyl (C=O) groups excluding carboxylic acids is 1. The summed E-state index contributed by atoms with van der Waals surface area (Å²) in [5.41, 5.74) is 0. The summed E-state index contributed by atoms with van der Waals surface area (Å²) in [6.45, 7) is 4.25. The Labute approximate surface area is 126 Å². The van der Waals surface area contributed by atoms with Crippen LogP contribution in [0, 0.1) is 5.92 Å². The number of amides is 1. The van der Waals surface area contributed by atoms with E-state index in [0.29, 0.717) is 18.4 Å². The van der Waals surface area contributed by atoms with Gasteiger partial charge in [0.1, 0.15) is 0 Å². The highest BCUT2D eigenvalue weighted by atomic mass is 32.1. The molecule has 112 valence electrons. The number of nitrogens with one attached hydrogen (secondary N) is 2. The number of aryl methyl sites for hydroxylation is 1.